The molecule has 0 bridgehead atoms. The summed E-state index contributed by atoms with van der Waals surface area (Å²) >= 11 is 3.43. The number of ketones is 1. The van der Waals surface area contributed by atoms with Crippen molar-refractivity contribution in [3.05, 3.63) is 69.2 Å². The number of aryl methyl sites for hydroxylation is 1. The molecule has 1 heterocycles. The SMILES string of the molecule is COc1ccc(C(O)=C2C(=O)C(=O)N(CCCN(C)C)[C@@H]2c2ccc(Br)cc2)c(C)c1. The van der Waals surface area contributed by atoms with E-state index in [1.165, 1.54) is 0 Å². The number of hydrogen-bond acceptors (Lipinski definition) is 5. The summed E-state index contributed by atoms with van der Waals surface area (Å²) in [5.74, 6) is -0.756. The number of halogens is 1. The zero-order chi connectivity index (χ0) is 22.7. The fraction of sp³-hybridized carbons (Fsp3) is 0.333. The molecule has 1 N–H and O–H groups in total. The minimum absolute atomic E-state index is 0.116. The Balaban J connectivity index is 2.11. The molecule has 2 aromatic carbocycles. The maximum absolute atomic E-state index is 13.1. The molecule has 0 aliphatic carbocycles. The number of benzene rings is 2. The lowest BCUT2D eigenvalue weighted by Gasteiger charge is -2.26. The predicted octanol–water partition coefficient (Wildman–Crippen LogP) is 4.14. The first-order chi connectivity index (χ1) is 14.7. The van der Waals surface area contributed by atoms with Crippen LogP contribution < -0.4 is 4.74 Å². The molecule has 164 valence electrons. The van der Waals surface area contributed by atoms with Gasteiger partial charge in [-0.15, -0.1) is 0 Å². The third-order valence-corrected chi connectivity index (χ3v) is 5.95. The lowest BCUT2D eigenvalue weighted by molar-refractivity contribution is -0.139. The first kappa shape index (κ1) is 23.0. The highest BCUT2D eigenvalue weighted by Gasteiger charge is 2.45. The average molecular weight is 487 g/mol. The highest BCUT2D eigenvalue weighted by Crippen LogP contribution is 2.40. The largest absolute Gasteiger partial charge is 0.507 e. The van der Waals surface area contributed by atoms with Crippen LogP contribution >= 0.6 is 15.9 Å². The maximum Gasteiger partial charge on any atom is 0.295 e. The Labute approximate surface area is 191 Å². The van der Waals surface area contributed by atoms with Crippen molar-refractivity contribution in [3.63, 3.8) is 0 Å². The zero-order valence-corrected chi connectivity index (χ0v) is 19.8. The van der Waals surface area contributed by atoms with Crippen molar-refractivity contribution in [1.82, 2.24) is 9.80 Å². The quantitative estimate of drug-likeness (QED) is 0.361. The third-order valence-electron chi connectivity index (χ3n) is 5.42. The second kappa shape index (κ2) is 9.66. The number of rotatable bonds is 7. The van der Waals surface area contributed by atoms with E-state index in [1.54, 1.807) is 30.2 Å². The minimum Gasteiger partial charge on any atom is -0.507 e. The summed E-state index contributed by atoms with van der Waals surface area (Å²) in [6.45, 7) is 3.04. The molecule has 2 aromatic rings. The molecule has 1 saturated heterocycles. The summed E-state index contributed by atoms with van der Waals surface area (Å²) in [6.07, 6.45) is 0.717. The van der Waals surface area contributed by atoms with E-state index in [1.807, 2.05) is 50.2 Å². The van der Waals surface area contributed by atoms with Gasteiger partial charge in [0, 0.05) is 16.6 Å². The monoisotopic (exact) mass is 486 g/mol. The van der Waals surface area contributed by atoms with Crippen LogP contribution in [0.4, 0.5) is 0 Å². The van der Waals surface area contributed by atoms with Crippen LogP contribution in [0.2, 0.25) is 0 Å². The van der Waals surface area contributed by atoms with E-state index in [-0.39, 0.29) is 11.3 Å². The molecular formula is C24H27BrN2O4. The maximum atomic E-state index is 13.1. The highest BCUT2D eigenvalue weighted by molar-refractivity contribution is 9.10. The van der Waals surface area contributed by atoms with E-state index in [2.05, 4.69) is 15.9 Å². The van der Waals surface area contributed by atoms with E-state index >= 15 is 0 Å². The molecule has 1 aliphatic rings. The first-order valence-corrected chi connectivity index (χ1v) is 10.9. The van der Waals surface area contributed by atoms with Gasteiger partial charge in [0.1, 0.15) is 11.5 Å². The number of hydrogen-bond donors (Lipinski definition) is 1. The van der Waals surface area contributed by atoms with Crippen molar-refractivity contribution >= 4 is 33.4 Å². The average Bonchev–Trinajstić information content (AvgIpc) is 2.98. The summed E-state index contributed by atoms with van der Waals surface area (Å²) in [6, 6.07) is 12.1. The number of nitrogens with zero attached hydrogens (tertiary/aromatic N) is 2. The fourth-order valence-corrected chi connectivity index (χ4v) is 4.10. The van der Waals surface area contributed by atoms with Crippen LogP contribution in [0.3, 0.4) is 0 Å². The third kappa shape index (κ3) is 4.83. The molecular weight excluding hydrogens is 460 g/mol. The van der Waals surface area contributed by atoms with Crippen molar-refractivity contribution < 1.29 is 19.4 Å². The Hall–Kier alpha value is -2.64. The molecule has 0 saturated carbocycles. The van der Waals surface area contributed by atoms with Gasteiger partial charge in [-0.1, -0.05) is 28.1 Å². The van der Waals surface area contributed by atoms with E-state index < -0.39 is 17.7 Å². The highest BCUT2D eigenvalue weighted by atomic mass is 79.9. The van der Waals surface area contributed by atoms with Gasteiger partial charge in [0.05, 0.1) is 18.7 Å². The fourth-order valence-electron chi connectivity index (χ4n) is 3.83. The van der Waals surface area contributed by atoms with Gasteiger partial charge in [-0.3, -0.25) is 9.59 Å². The van der Waals surface area contributed by atoms with Gasteiger partial charge < -0.3 is 19.6 Å². The summed E-state index contributed by atoms with van der Waals surface area (Å²) in [4.78, 5) is 29.6. The number of carbonyl (C=O) groups is 2. The second-order valence-corrected chi connectivity index (χ2v) is 8.80. The number of carbonyl (C=O) groups excluding carboxylic acids is 2. The number of likely N-dealkylation sites (tertiary alicyclic amines) is 1. The standard InChI is InChI=1S/C24H27BrN2O4/c1-15-14-18(31-4)10-11-19(15)22(28)20-21(16-6-8-17(25)9-7-16)27(24(30)23(20)29)13-5-12-26(2)3/h6-11,14,21,28H,5,12-13H2,1-4H3/t21-/m1/s1. The lowest BCUT2D eigenvalue weighted by Crippen LogP contribution is -2.32. The van der Waals surface area contributed by atoms with Crippen molar-refractivity contribution in [3.8, 4) is 5.75 Å². The Kier molecular flexibility index (Phi) is 7.18. The van der Waals surface area contributed by atoms with Gasteiger partial charge in [0.2, 0.25) is 0 Å². The Morgan fingerprint density at radius 2 is 1.84 bits per heavy atom. The molecule has 1 fully saturated rings. The summed E-state index contributed by atoms with van der Waals surface area (Å²) < 4.78 is 6.14. The van der Waals surface area contributed by atoms with E-state index in [0.29, 0.717) is 24.3 Å². The van der Waals surface area contributed by atoms with Gasteiger partial charge in [0.25, 0.3) is 11.7 Å². The van der Waals surface area contributed by atoms with Crippen LogP contribution in [0.15, 0.2) is 52.5 Å². The van der Waals surface area contributed by atoms with E-state index in [9.17, 15) is 14.7 Å². The molecule has 0 radical (unpaired) electrons. The smallest absolute Gasteiger partial charge is 0.295 e. The molecule has 3 rings (SSSR count). The van der Waals surface area contributed by atoms with Gasteiger partial charge in [-0.05, 0) is 75.4 Å². The summed E-state index contributed by atoms with van der Waals surface area (Å²) in [5, 5.41) is 11.2. The number of Topliss-reactive ketones (excluding diaryl/α,β-unsaturated/α-hetero) is 1. The van der Waals surface area contributed by atoms with Crippen LogP contribution in [0.25, 0.3) is 5.76 Å². The molecule has 0 spiro atoms. The number of aliphatic hydroxyl groups excluding tert-OH is 1. The van der Waals surface area contributed by atoms with Gasteiger partial charge in [0.15, 0.2) is 0 Å². The van der Waals surface area contributed by atoms with E-state index in [0.717, 1.165) is 22.1 Å². The molecule has 1 atom stereocenters. The van der Waals surface area contributed by atoms with Crippen molar-refractivity contribution in [1.29, 1.82) is 0 Å². The number of aliphatic hydroxyl groups is 1. The minimum atomic E-state index is -0.662. The van der Waals surface area contributed by atoms with Crippen molar-refractivity contribution in [2.24, 2.45) is 0 Å². The predicted molar refractivity (Wildman–Crippen MR) is 124 cm³/mol. The van der Waals surface area contributed by atoms with Gasteiger partial charge >= 0.3 is 0 Å². The topological polar surface area (TPSA) is 70.1 Å². The molecule has 6 nitrogen and oxygen atoms in total. The van der Waals surface area contributed by atoms with Crippen molar-refractivity contribution in [2.75, 3.05) is 34.3 Å². The van der Waals surface area contributed by atoms with Crippen LogP contribution in [0.1, 0.15) is 29.2 Å². The zero-order valence-electron chi connectivity index (χ0n) is 18.2. The number of amides is 1. The number of ether oxygens (including phenoxy) is 1. The lowest BCUT2D eigenvalue weighted by atomic mass is 9.94. The first-order valence-electron chi connectivity index (χ1n) is 10.1. The Bertz CT molecular complexity index is 1010. The Morgan fingerprint density at radius 1 is 1.16 bits per heavy atom. The number of methoxy groups -OCH3 is 1. The Morgan fingerprint density at radius 3 is 2.42 bits per heavy atom. The normalized spacial score (nSPS) is 18.1. The second-order valence-electron chi connectivity index (χ2n) is 7.88. The molecule has 31 heavy (non-hydrogen) atoms. The molecule has 0 aromatic heterocycles. The van der Waals surface area contributed by atoms with Crippen LogP contribution in [-0.4, -0.2) is 60.9 Å². The summed E-state index contributed by atoms with van der Waals surface area (Å²) in [5.41, 5.74) is 2.16. The van der Waals surface area contributed by atoms with E-state index in [4.69, 9.17) is 4.74 Å². The molecule has 1 amide bonds. The molecule has 0 unspecified atom stereocenters. The van der Waals surface area contributed by atoms with Crippen LogP contribution in [-0.2, 0) is 9.59 Å². The van der Waals surface area contributed by atoms with Gasteiger partial charge in [-0.25, -0.2) is 0 Å². The molecule has 7 heteroatoms. The molecule has 1 aliphatic heterocycles. The summed E-state index contributed by atoms with van der Waals surface area (Å²) in [7, 11) is 5.50. The van der Waals surface area contributed by atoms with Crippen LogP contribution in [0, 0.1) is 6.92 Å². The van der Waals surface area contributed by atoms with Crippen LogP contribution in [0.5, 0.6) is 5.75 Å². The van der Waals surface area contributed by atoms with Gasteiger partial charge in [-0.2, -0.15) is 0 Å². The van der Waals surface area contributed by atoms with Crippen molar-refractivity contribution in [2.45, 2.75) is 19.4 Å².